The molecule has 1 fully saturated rings. The summed E-state index contributed by atoms with van der Waals surface area (Å²) in [6, 6.07) is 5.68. The monoisotopic (exact) mass is 300 g/mol. The van der Waals surface area contributed by atoms with Crippen molar-refractivity contribution in [2.75, 3.05) is 17.6 Å². The van der Waals surface area contributed by atoms with E-state index in [-0.39, 0.29) is 0 Å². The van der Waals surface area contributed by atoms with Gasteiger partial charge in [-0.05, 0) is 36.8 Å². The van der Waals surface area contributed by atoms with Crippen molar-refractivity contribution >= 4 is 46.3 Å². The van der Waals surface area contributed by atoms with Crippen LogP contribution in [0.25, 0.3) is 0 Å². The summed E-state index contributed by atoms with van der Waals surface area (Å²) in [4.78, 5) is 0.381. The molecule has 2 nitrogen and oxygen atoms in total. The van der Waals surface area contributed by atoms with E-state index in [1.165, 1.54) is 25.0 Å². The lowest BCUT2D eigenvalue weighted by atomic mass is 10.1. The molecule has 1 aromatic carbocycles. The zero-order valence-electron chi connectivity index (χ0n) is 10.1. The van der Waals surface area contributed by atoms with Crippen LogP contribution in [-0.4, -0.2) is 22.5 Å². The van der Waals surface area contributed by atoms with Crippen LogP contribution in [0.1, 0.15) is 24.8 Å². The Morgan fingerprint density at radius 3 is 2.94 bits per heavy atom. The van der Waals surface area contributed by atoms with Gasteiger partial charge in [0.2, 0.25) is 0 Å². The highest BCUT2D eigenvalue weighted by Crippen LogP contribution is 2.27. The van der Waals surface area contributed by atoms with Gasteiger partial charge in [-0.2, -0.15) is 11.8 Å². The van der Waals surface area contributed by atoms with E-state index in [4.69, 9.17) is 29.6 Å². The van der Waals surface area contributed by atoms with Crippen LogP contribution in [0.15, 0.2) is 18.2 Å². The molecular weight excluding hydrogens is 284 g/mol. The van der Waals surface area contributed by atoms with Crippen molar-refractivity contribution in [2.24, 2.45) is 5.73 Å². The number of thiocarbonyl (C=S) groups is 1. The van der Waals surface area contributed by atoms with E-state index in [1.54, 1.807) is 0 Å². The molecule has 1 aromatic rings. The molecule has 98 valence electrons. The van der Waals surface area contributed by atoms with Gasteiger partial charge in [0.15, 0.2) is 0 Å². The molecule has 1 heterocycles. The minimum absolute atomic E-state index is 0.381. The third kappa shape index (κ3) is 3.77. The Balaban J connectivity index is 1.94. The van der Waals surface area contributed by atoms with E-state index in [2.05, 4.69) is 5.32 Å². The predicted octanol–water partition coefficient (Wildman–Crippen LogP) is 3.67. The molecule has 1 atom stereocenters. The second-order valence-electron chi connectivity index (χ2n) is 4.43. The van der Waals surface area contributed by atoms with Crippen LogP contribution < -0.4 is 11.1 Å². The second kappa shape index (κ2) is 6.64. The maximum atomic E-state index is 6.21. The van der Waals surface area contributed by atoms with Gasteiger partial charge in [0, 0.05) is 17.4 Å². The first kappa shape index (κ1) is 14.0. The summed E-state index contributed by atoms with van der Waals surface area (Å²) in [5, 5.41) is 4.79. The molecule has 1 aliphatic rings. The van der Waals surface area contributed by atoms with Gasteiger partial charge in [0.1, 0.15) is 4.99 Å². The summed E-state index contributed by atoms with van der Waals surface area (Å²) < 4.78 is 0. The van der Waals surface area contributed by atoms with E-state index in [9.17, 15) is 0 Å². The number of hydrogen-bond donors (Lipinski definition) is 2. The molecule has 0 saturated carbocycles. The van der Waals surface area contributed by atoms with E-state index < -0.39 is 0 Å². The minimum Gasteiger partial charge on any atom is -0.389 e. The topological polar surface area (TPSA) is 38.0 Å². The Morgan fingerprint density at radius 1 is 1.50 bits per heavy atom. The fraction of sp³-hybridized carbons (Fsp3) is 0.462. The van der Waals surface area contributed by atoms with Gasteiger partial charge in [0.05, 0.1) is 10.7 Å². The molecule has 3 N–H and O–H groups in total. The third-order valence-electron chi connectivity index (χ3n) is 3.05. The average Bonchev–Trinajstić information content (AvgIpc) is 2.38. The van der Waals surface area contributed by atoms with E-state index in [0.717, 1.165) is 17.8 Å². The van der Waals surface area contributed by atoms with Gasteiger partial charge in [-0.3, -0.25) is 0 Å². The van der Waals surface area contributed by atoms with Gasteiger partial charge >= 0.3 is 0 Å². The lowest BCUT2D eigenvalue weighted by Gasteiger charge is -2.22. The molecule has 0 aromatic heterocycles. The molecule has 18 heavy (non-hydrogen) atoms. The number of rotatable bonds is 4. The van der Waals surface area contributed by atoms with Crippen molar-refractivity contribution < 1.29 is 0 Å². The number of thioether (sulfide) groups is 1. The highest BCUT2D eigenvalue weighted by Gasteiger charge is 2.14. The van der Waals surface area contributed by atoms with E-state index >= 15 is 0 Å². The predicted molar refractivity (Wildman–Crippen MR) is 85.9 cm³/mol. The van der Waals surface area contributed by atoms with Crippen LogP contribution in [0, 0.1) is 0 Å². The zero-order chi connectivity index (χ0) is 13.0. The standard InChI is InChI=1S/C13H17ClN2S2/c14-11-7-9(13(15)17)4-5-12(11)16-8-10-3-1-2-6-18-10/h4-5,7,10,16H,1-3,6,8H2,(H2,15,17). The highest BCUT2D eigenvalue weighted by molar-refractivity contribution is 7.99. The maximum absolute atomic E-state index is 6.21. The molecule has 5 heteroatoms. The first-order valence-corrected chi connectivity index (χ1v) is 7.95. The van der Waals surface area contributed by atoms with Gasteiger partial charge in [-0.1, -0.05) is 30.2 Å². The Labute approximate surface area is 123 Å². The van der Waals surface area contributed by atoms with Crippen molar-refractivity contribution in [3.05, 3.63) is 28.8 Å². The molecular formula is C13H17ClN2S2. The molecule has 1 aliphatic heterocycles. The van der Waals surface area contributed by atoms with Crippen LogP contribution >= 0.6 is 35.6 Å². The third-order valence-corrected chi connectivity index (χ3v) is 4.99. The summed E-state index contributed by atoms with van der Waals surface area (Å²) in [5.41, 5.74) is 7.35. The van der Waals surface area contributed by atoms with Crippen molar-refractivity contribution in [1.29, 1.82) is 0 Å². The molecule has 0 aliphatic carbocycles. The SMILES string of the molecule is NC(=S)c1ccc(NCC2CCCCS2)c(Cl)c1. The molecule has 2 rings (SSSR count). The number of halogens is 1. The van der Waals surface area contributed by atoms with E-state index in [1.807, 2.05) is 30.0 Å². The fourth-order valence-corrected chi connectivity index (χ4v) is 3.62. The summed E-state index contributed by atoms with van der Waals surface area (Å²) in [7, 11) is 0. The Bertz CT molecular complexity index is 431. The Morgan fingerprint density at radius 2 is 2.33 bits per heavy atom. The van der Waals surface area contributed by atoms with Crippen molar-refractivity contribution in [2.45, 2.75) is 24.5 Å². The summed E-state index contributed by atoms with van der Waals surface area (Å²) in [6.07, 6.45) is 3.98. The van der Waals surface area contributed by atoms with Gasteiger partial charge in [-0.15, -0.1) is 0 Å². The number of benzene rings is 1. The largest absolute Gasteiger partial charge is 0.389 e. The van der Waals surface area contributed by atoms with Crippen molar-refractivity contribution in [3.63, 3.8) is 0 Å². The molecule has 1 saturated heterocycles. The van der Waals surface area contributed by atoms with Crippen LogP contribution in [0.5, 0.6) is 0 Å². The van der Waals surface area contributed by atoms with Crippen molar-refractivity contribution in [1.82, 2.24) is 0 Å². The lowest BCUT2D eigenvalue weighted by molar-refractivity contribution is 0.677. The first-order valence-electron chi connectivity index (χ1n) is 6.11. The van der Waals surface area contributed by atoms with Gasteiger partial charge in [0.25, 0.3) is 0 Å². The molecule has 1 unspecified atom stereocenters. The summed E-state index contributed by atoms with van der Waals surface area (Å²) >= 11 is 13.2. The summed E-state index contributed by atoms with van der Waals surface area (Å²) in [5.74, 6) is 1.28. The minimum atomic E-state index is 0.381. The van der Waals surface area contributed by atoms with Gasteiger partial charge < -0.3 is 11.1 Å². The number of anilines is 1. The number of hydrogen-bond acceptors (Lipinski definition) is 3. The molecule has 0 amide bonds. The zero-order valence-corrected chi connectivity index (χ0v) is 12.5. The Kier molecular flexibility index (Phi) is 5.15. The van der Waals surface area contributed by atoms with Gasteiger partial charge in [-0.25, -0.2) is 0 Å². The average molecular weight is 301 g/mol. The normalized spacial score (nSPS) is 19.5. The Hall–Kier alpha value is -0.450. The van der Waals surface area contributed by atoms with Crippen LogP contribution in [-0.2, 0) is 0 Å². The molecule has 0 radical (unpaired) electrons. The quantitative estimate of drug-likeness (QED) is 0.832. The van der Waals surface area contributed by atoms with Crippen LogP contribution in [0.3, 0.4) is 0 Å². The smallest absolute Gasteiger partial charge is 0.104 e. The fourth-order valence-electron chi connectivity index (χ4n) is 2.00. The van der Waals surface area contributed by atoms with Crippen LogP contribution in [0.4, 0.5) is 5.69 Å². The van der Waals surface area contributed by atoms with Crippen LogP contribution in [0.2, 0.25) is 5.02 Å². The number of nitrogens with two attached hydrogens (primary N) is 1. The maximum Gasteiger partial charge on any atom is 0.104 e. The lowest BCUT2D eigenvalue weighted by Crippen LogP contribution is -2.20. The second-order valence-corrected chi connectivity index (χ2v) is 6.68. The summed E-state index contributed by atoms with van der Waals surface area (Å²) in [6.45, 7) is 0.969. The molecule has 0 bridgehead atoms. The molecule has 0 spiro atoms. The van der Waals surface area contributed by atoms with Crippen molar-refractivity contribution in [3.8, 4) is 0 Å². The number of nitrogens with one attached hydrogen (secondary N) is 1. The highest BCUT2D eigenvalue weighted by atomic mass is 35.5. The first-order chi connectivity index (χ1) is 8.66. The van der Waals surface area contributed by atoms with E-state index in [0.29, 0.717) is 15.3 Å².